The maximum atomic E-state index is 12.6. The molecule has 2 aromatic carbocycles. The fraction of sp³-hybridized carbons (Fsp3) is 0.727. The van der Waals surface area contributed by atoms with E-state index in [-0.39, 0.29) is 66.1 Å². The van der Waals surface area contributed by atoms with Crippen molar-refractivity contribution in [3.05, 3.63) is 59.0 Å². The molecule has 7 heteroatoms. The molecule has 2 N–H and O–H groups in total. The van der Waals surface area contributed by atoms with E-state index in [1.165, 1.54) is 76.0 Å². The molecule has 4 nitrogen and oxygen atoms in total. The maximum absolute atomic E-state index is 12.6. The molecule has 0 spiro atoms. The third-order valence-corrected chi connectivity index (χ3v) is 9.75. The third kappa shape index (κ3) is 25.9. The van der Waals surface area contributed by atoms with Gasteiger partial charge < -0.3 is 21.7 Å². The predicted molar refractivity (Wildman–Crippen MR) is 215 cm³/mol. The Labute approximate surface area is 341 Å². The molecule has 300 valence electrons. The molecule has 0 bridgehead atoms. The van der Waals surface area contributed by atoms with Crippen LogP contribution in [0.2, 0.25) is 0 Å². The van der Waals surface area contributed by atoms with Crippen LogP contribution in [0.25, 0.3) is 11.5 Å². The van der Waals surface area contributed by atoms with Gasteiger partial charge in [-0.15, -0.1) is 0 Å². The number of benzene rings is 2. The third-order valence-electron chi connectivity index (χ3n) is 8.68. The Kier molecular flexibility index (Phi) is 29.8. The van der Waals surface area contributed by atoms with Crippen LogP contribution in [0.5, 0.6) is 11.5 Å². The van der Waals surface area contributed by atoms with Gasteiger partial charge in [0.25, 0.3) is 0 Å². The van der Waals surface area contributed by atoms with Crippen molar-refractivity contribution in [3.63, 3.8) is 0 Å². The zero-order chi connectivity index (χ0) is 37.7. The standard InChI is InChI=1S/C28H42O2S.2C8H18N.2Ni/c1-25(2,3)17-27(7,8)19-11-13-21(29)23(15-19)31-24-16-20(12-14-22(24)30)28(9,10)18-26(4,5)6;2*1-2-3-4-5-6-7-8-9;;/h11-16,29-30H,17-18H2,1-10H3;2*9H,2-8H2,1H3;;/q;2*-1;2*+2/p-2. The van der Waals surface area contributed by atoms with Crippen molar-refractivity contribution in [2.75, 3.05) is 13.1 Å². The molecular weight excluding hydrogens is 738 g/mol. The largest absolute Gasteiger partial charge is 2.00 e. The van der Waals surface area contributed by atoms with Crippen LogP contribution < -0.4 is 10.2 Å². The quantitative estimate of drug-likeness (QED) is 0.111. The second kappa shape index (κ2) is 27.8. The Morgan fingerprint density at radius 3 is 1.06 bits per heavy atom. The number of hydrogen-bond donors (Lipinski definition) is 0. The predicted octanol–water partition coefficient (Wildman–Crippen LogP) is 14.2. The average molecular weight is 815 g/mol. The first-order chi connectivity index (χ1) is 22.7. The average Bonchev–Trinajstić information content (AvgIpc) is 2.97. The molecule has 2 aromatic rings. The summed E-state index contributed by atoms with van der Waals surface area (Å²) in [6.45, 7) is 28.0. The van der Waals surface area contributed by atoms with Crippen LogP contribution in [0.1, 0.15) is 184 Å². The van der Waals surface area contributed by atoms with Crippen molar-refractivity contribution in [2.45, 2.75) is 194 Å². The molecule has 0 heterocycles. The van der Waals surface area contributed by atoms with Crippen LogP contribution in [0.3, 0.4) is 0 Å². The zero-order valence-electron chi connectivity index (χ0n) is 34.6. The SMILES string of the molecule is CC(C)(C)CC(C)(C)c1ccc([O-])c(Sc2cc(C(C)(C)CC(C)(C)C)ccc2[O-])c1.CCCCCCCC[NH-].CCCCCCCC[NH-].[Ni+2].[Ni+2]. The van der Waals surface area contributed by atoms with Crippen molar-refractivity contribution in [1.29, 1.82) is 0 Å². The summed E-state index contributed by atoms with van der Waals surface area (Å²) < 4.78 is 0. The molecule has 0 atom stereocenters. The minimum Gasteiger partial charge on any atom is -0.872 e. The Hall–Kier alpha value is -0.703. The zero-order valence-corrected chi connectivity index (χ0v) is 37.4. The van der Waals surface area contributed by atoms with E-state index in [1.807, 2.05) is 24.3 Å². The number of nitrogens with one attached hydrogen (secondary N) is 2. The van der Waals surface area contributed by atoms with E-state index in [4.69, 9.17) is 11.5 Å². The first kappa shape index (κ1) is 54.6. The molecular formula is C44H76N2Ni2O2S. The minimum absolute atomic E-state index is 0. The smallest absolute Gasteiger partial charge is 0.872 e. The Bertz CT molecular complexity index is 1060. The van der Waals surface area contributed by atoms with Gasteiger partial charge in [0.15, 0.2) is 0 Å². The van der Waals surface area contributed by atoms with Gasteiger partial charge in [0.05, 0.1) is 0 Å². The van der Waals surface area contributed by atoms with E-state index < -0.39 is 0 Å². The van der Waals surface area contributed by atoms with E-state index >= 15 is 0 Å². The van der Waals surface area contributed by atoms with Crippen molar-refractivity contribution < 1.29 is 43.2 Å². The van der Waals surface area contributed by atoms with Crippen molar-refractivity contribution >= 4 is 11.8 Å². The monoisotopic (exact) mass is 812 g/mol. The van der Waals surface area contributed by atoms with Gasteiger partial charge in [-0.2, -0.15) is 13.1 Å². The Balaban J connectivity index is -0.000000951. The molecule has 0 radical (unpaired) electrons. The summed E-state index contributed by atoms with van der Waals surface area (Å²) >= 11 is 1.31. The van der Waals surface area contributed by atoms with Crippen LogP contribution >= 0.6 is 11.8 Å². The summed E-state index contributed by atoms with van der Waals surface area (Å²) in [5, 5.41) is 25.3. The Morgan fingerprint density at radius 2 is 0.784 bits per heavy atom. The van der Waals surface area contributed by atoms with Gasteiger partial charge in [-0.05, 0) is 57.8 Å². The fourth-order valence-corrected chi connectivity index (χ4v) is 7.75. The second-order valence-electron chi connectivity index (χ2n) is 17.7. The molecule has 0 fully saturated rings. The normalized spacial score (nSPS) is 11.7. The molecule has 51 heavy (non-hydrogen) atoms. The van der Waals surface area contributed by atoms with Gasteiger partial charge in [-0.1, -0.05) is 208 Å². The summed E-state index contributed by atoms with van der Waals surface area (Å²) in [5.41, 5.74) is 16.3. The molecule has 0 saturated heterocycles. The molecule has 0 amide bonds. The first-order valence-electron chi connectivity index (χ1n) is 19.3. The van der Waals surface area contributed by atoms with E-state index in [2.05, 4.69) is 83.1 Å². The van der Waals surface area contributed by atoms with Crippen LogP contribution in [-0.4, -0.2) is 13.1 Å². The van der Waals surface area contributed by atoms with Gasteiger partial charge >= 0.3 is 33.0 Å². The molecule has 2 rings (SSSR count). The van der Waals surface area contributed by atoms with Crippen LogP contribution in [0.4, 0.5) is 0 Å². The second-order valence-corrected chi connectivity index (χ2v) is 18.8. The molecule has 0 saturated carbocycles. The van der Waals surface area contributed by atoms with Crippen molar-refractivity contribution in [2.24, 2.45) is 10.8 Å². The van der Waals surface area contributed by atoms with Crippen LogP contribution in [0.15, 0.2) is 46.2 Å². The van der Waals surface area contributed by atoms with E-state index in [0.29, 0.717) is 22.9 Å². The molecule has 0 unspecified atom stereocenters. The molecule has 0 aliphatic heterocycles. The topological polar surface area (TPSA) is 93.7 Å². The van der Waals surface area contributed by atoms with Crippen molar-refractivity contribution in [1.82, 2.24) is 0 Å². The number of unbranched alkanes of at least 4 members (excludes halogenated alkanes) is 10. The Morgan fingerprint density at radius 1 is 0.490 bits per heavy atom. The summed E-state index contributed by atoms with van der Waals surface area (Å²) in [6, 6.07) is 11.2. The maximum Gasteiger partial charge on any atom is 2.00 e. The number of rotatable bonds is 18. The van der Waals surface area contributed by atoms with Gasteiger partial charge in [0.1, 0.15) is 0 Å². The minimum atomic E-state index is -0.0574. The summed E-state index contributed by atoms with van der Waals surface area (Å²) in [7, 11) is 0. The van der Waals surface area contributed by atoms with E-state index in [1.54, 1.807) is 12.1 Å². The summed E-state index contributed by atoms with van der Waals surface area (Å²) in [6.07, 6.45) is 17.6. The summed E-state index contributed by atoms with van der Waals surface area (Å²) in [5.74, 6) is -0.0573. The van der Waals surface area contributed by atoms with Gasteiger partial charge in [-0.25, -0.2) is 0 Å². The summed E-state index contributed by atoms with van der Waals surface area (Å²) in [4.78, 5) is 1.25. The first-order valence-corrected chi connectivity index (χ1v) is 20.1. The molecule has 0 aliphatic carbocycles. The van der Waals surface area contributed by atoms with E-state index in [0.717, 1.165) is 36.8 Å². The van der Waals surface area contributed by atoms with Crippen molar-refractivity contribution in [3.8, 4) is 11.5 Å². The fourth-order valence-electron chi connectivity index (χ4n) is 6.80. The van der Waals surface area contributed by atoms with Gasteiger partial charge in [0.2, 0.25) is 0 Å². The molecule has 0 aliphatic rings. The van der Waals surface area contributed by atoms with Gasteiger partial charge in [-0.3, -0.25) is 0 Å². The van der Waals surface area contributed by atoms with Crippen LogP contribution in [0, 0.1) is 10.8 Å². The van der Waals surface area contributed by atoms with E-state index in [9.17, 15) is 10.2 Å². The molecule has 0 aromatic heterocycles. The van der Waals surface area contributed by atoms with Crippen LogP contribution in [-0.2, 0) is 43.8 Å². The van der Waals surface area contributed by atoms with Gasteiger partial charge in [0, 0.05) is 9.79 Å². The number of hydrogen-bond acceptors (Lipinski definition) is 3.